The number of nitrogens with zero attached hydrogens (tertiary/aromatic N) is 1. The zero-order valence-corrected chi connectivity index (χ0v) is 10.8. The molecule has 102 valence electrons. The van der Waals surface area contributed by atoms with E-state index in [9.17, 15) is 18.4 Å². The van der Waals surface area contributed by atoms with Crippen molar-refractivity contribution in [1.29, 1.82) is 0 Å². The molecule has 0 aliphatic carbocycles. The van der Waals surface area contributed by atoms with E-state index in [1.165, 1.54) is 0 Å². The average Bonchev–Trinajstić information content (AvgIpc) is 2.55. The van der Waals surface area contributed by atoms with Crippen molar-refractivity contribution in [2.24, 2.45) is 0 Å². The minimum Gasteiger partial charge on any atom is -0.443 e. The molecule has 0 bridgehead atoms. The van der Waals surface area contributed by atoms with E-state index in [2.05, 4.69) is 0 Å². The van der Waals surface area contributed by atoms with Crippen molar-refractivity contribution in [3.63, 3.8) is 0 Å². The SMILES string of the molecule is CC(C)(C)OC(=O)N1Cc2cc(F)c(F)cc2C1=O. The van der Waals surface area contributed by atoms with Crippen LogP contribution in [-0.4, -0.2) is 22.5 Å². The van der Waals surface area contributed by atoms with Crippen LogP contribution < -0.4 is 0 Å². The van der Waals surface area contributed by atoms with Crippen LogP contribution in [0.3, 0.4) is 0 Å². The van der Waals surface area contributed by atoms with Gasteiger partial charge in [0.15, 0.2) is 11.6 Å². The second-order valence-electron chi connectivity index (χ2n) is 5.30. The predicted molar refractivity (Wildman–Crippen MR) is 62.5 cm³/mol. The van der Waals surface area contributed by atoms with Crippen LogP contribution in [0.25, 0.3) is 0 Å². The normalized spacial score (nSPS) is 14.6. The van der Waals surface area contributed by atoms with Gasteiger partial charge in [0, 0.05) is 5.56 Å². The molecule has 4 nitrogen and oxygen atoms in total. The Kier molecular flexibility index (Phi) is 3.04. The van der Waals surface area contributed by atoms with Gasteiger partial charge in [-0.25, -0.2) is 18.5 Å². The van der Waals surface area contributed by atoms with Gasteiger partial charge in [0.2, 0.25) is 0 Å². The summed E-state index contributed by atoms with van der Waals surface area (Å²) in [6.45, 7) is 4.88. The molecule has 1 heterocycles. The first-order valence-corrected chi connectivity index (χ1v) is 5.72. The lowest BCUT2D eigenvalue weighted by Crippen LogP contribution is -2.36. The van der Waals surface area contributed by atoms with Crippen LogP contribution in [0, 0.1) is 11.6 Å². The highest BCUT2D eigenvalue weighted by atomic mass is 19.2. The number of carbonyl (C=O) groups excluding carboxylic acids is 2. The van der Waals surface area contributed by atoms with E-state index in [0.717, 1.165) is 17.0 Å². The van der Waals surface area contributed by atoms with Gasteiger partial charge in [0.25, 0.3) is 5.91 Å². The molecule has 0 fully saturated rings. The summed E-state index contributed by atoms with van der Waals surface area (Å²) in [6.07, 6.45) is -0.825. The van der Waals surface area contributed by atoms with Gasteiger partial charge in [0.05, 0.1) is 6.54 Å². The molecule has 1 aromatic rings. The van der Waals surface area contributed by atoms with Crippen LogP contribution in [0.4, 0.5) is 13.6 Å². The Morgan fingerprint density at radius 1 is 1.26 bits per heavy atom. The first-order valence-electron chi connectivity index (χ1n) is 5.72. The lowest BCUT2D eigenvalue weighted by atomic mass is 10.1. The fraction of sp³-hybridized carbons (Fsp3) is 0.385. The van der Waals surface area contributed by atoms with Crippen molar-refractivity contribution in [1.82, 2.24) is 4.90 Å². The molecular weight excluding hydrogens is 256 g/mol. The molecule has 1 aliphatic rings. The Morgan fingerprint density at radius 3 is 2.42 bits per heavy atom. The average molecular weight is 269 g/mol. The third kappa shape index (κ3) is 2.57. The number of fused-ring (bicyclic) bond motifs is 1. The number of carbonyl (C=O) groups is 2. The van der Waals surface area contributed by atoms with Crippen molar-refractivity contribution in [3.8, 4) is 0 Å². The quantitative estimate of drug-likeness (QED) is 0.727. The van der Waals surface area contributed by atoms with Crippen molar-refractivity contribution in [2.45, 2.75) is 32.9 Å². The Bertz CT molecular complexity index is 564. The van der Waals surface area contributed by atoms with E-state index in [1.54, 1.807) is 20.8 Å². The maximum Gasteiger partial charge on any atom is 0.417 e. The second kappa shape index (κ2) is 4.29. The number of amides is 2. The monoisotopic (exact) mass is 269 g/mol. The number of hydrogen-bond donors (Lipinski definition) is 0. The van der Waals surface area contributed by atoms with Crippen LogP contribution in [0.2, 0.25) is 0 Å². The largest absolute Gasteiger partial charge is 0.443 e. The molecule has 2 rings (SSSR count). The molecule has 19 heavy (non-hydrogen) atoms. The number of rotatable bonds is 0. The highest BCUT2D eigenvalue weighted by molar-refractivity contribution is 6.06. The van der Waals surface area contributed by atoms with Gasteiger partial charge >= 0.3 is 6.09 Å². The van der Waals surface area contributed by atoms with E-state index in [0.29, 0.717) is 0 Å². The van der Waals surface area contributed by atoms with Crippen LogP contribution in [0.5, 0.6) is 0 Å². The zero-order chi connectivity index (χ0) is 14.4. The van der Waals surface area contributed by atoms with Crippen LogP contribution in [-0.2, 0) is 11.3 Å². The summed E-state index contributed by atoms with van der Waals surface area (Å²) in [7, 11) is 0. The summed E-state index contributed by atoms with van der Waals surface area (Å²) in [5, 5.41) is 0. The van der Waals surface area contributed by atoms with Crippen molar-refractivity contribution >= 4 is 12.0 Å². The van der Waals surface area contributed by atoms with Crippen molar-refractivity contribution < 1.29 is 23.1 Å². The fourth-order valence-electron chi connectivity index (χ4n) is 1.77. The number of benzene rings is 1. The van der Waals surface area contributed by atoms with Gasteiger partial charge in [-0.1, -0.05) is 0 Å². The Hall–Kier alpha value is -1.98. The van der Waals surface area contributed by atoms with Gasteiger partial charge in [0.1, 0.15) is 5.60 Å². The number of ether oxygens (including phenoxy) is 1. The lowest BCUT2D eigenvalue weighted by Gasteiger charge is -2.23. The maximum absolute atomic E-state index is 13.1. The van der Waals surface area contributed by atoms with Gasteiger partial charge in [-0.3, -0.25) is 4.79 Å². The predicted octanol–water partition coefficient (Wildman–Crippen LogP) is 2.86. The molecule has 0 radical (unpaired) electrons. The Balaban J connectivity index is 2.26. The molecule has 2 amide bonds. The van der Waals surface area contributed by atoms with Crippen LogP contribution in [0.15, 0.2) is 12.1 Å². The summed E-state index contributed by atoms with van der Waals surface area (Å²) in [5.74, 6) is -2.83. The zero-order valence-electron chi connectivity index (χ0n) is 10.8. The minimum absolute atomic E-state index is 0.00948. The maximum atomic E-state index is 13.1. The molecule has 0 saturated heterocycles. The second-order valence-corrected chi connectivity index (χ2v) is 5.30. The highest BCUT2D eigenvalue weighted by Gasteiger charge is 2.35. The highest BCUT2D eigenvalue weighted by Crippen LogP contribution is 2.26. The molecule has 0 aromatic heterocycles. The summed E-state index contributed by atoms with van der Waals surface area (Å²) in [6, 6.07) is 1.73. The van der Waals surface area contributed by atoms with E-state index in [4.69, 9.17) is 4.74 Å². The van der Waals surface area contributed by atoms with Gasteiger partial charge in [-0.15, -0.1) is 0 Å². The molecule has 6 heteroatoms. The first kappa shape index (κ1) is 13.5. The molecule has 0 saturated carbocycles. The summed E-state index contributed by atoms with van der Waals surface area (Å²) >= 11 is 0. The third-order valence-electron chi connectivity index (χ3n) is 2.56. The van der Waals surface area contributed by atoms with Gasteiger partial charge < -0.3 is 4.74 Å². The molecule has 0 atom stereocenters. The van der Waals surface area contributed by atoms with E-state index in [-0.39, 0.29) is 17.7 Å². The number of hydrogen-bond acceptors (Lipinski definition) is 3. The van der Waals surface area contributed by atoms with Gasteiger partial charge in [-0.2, -0.15) is 0 Å². The Labute approximate surface area is 109 Å². The van der Waals surface area contributed by atoms with E-state index >= 15 is 0 Å². The molecule has 0 N–H and O–H groups in total. The van der Waals surface area contributed by atoms with Crippen LogP contribution >= 0.6 is 0 Å². The summed E-state index contributed by atoms with van der Waals surface area (Å²) < 4.78 is 31.2. The molecule has 0 spiro atoms. The number of halogens is 2. The molecule has 1 aliphatic heterocycles. The van der Waals surface area contributed by atoms with E-state index < -0.39 is 29.2 Å². The smallest absolute Gasteiger partial charge is 0.417 e. The lowest BCUT2D eigenvalue weighted by molar-refractivity contribution is 0.0248. The molecular formula is C13H13F2NO3. The summed E-state index contributed by atoms with van der Waals surface area (Å²) in [5.41, 5.74) is -0.484. The first-order chi connectivity index (χ1) is 8.69. The standard InChI is InChI=1S/C13H13F2NO3/c1-13(2,3)19-12(18)16-6-7-4-9(14)10(15)5-8(7)11(16)17/h4-5H,6H2,1-3H3. The van der Waals surface area contributed by atoms with E-state index in [1.807, 2.05) is 0 Å². The Morgan fingerprint density at radius 2 is 1.84 bits per heavy atom. The minimum atomic E-state index is -1.11. The third-order valence-corrected chi connectivity index (χ3v) is 2.56. The van der Waals surface area contributed by atoms with Crippen molar-refractivity contribution in [3.05, 3.63) is 34.9 Å². The fourth-order valence-corrected chi connectivity index (χ4v) is 1.77. The number of imide groups is 1. The van der Waals surface area contributed by atoms with Gasteiger partial charge in [-0.05, 0) is 38.5 Å². The molecule has 1 aromatic carbocycles. The van der Waals surface area contributed by atoms with Crippen molar-refractivity contribution in [2.75, 3.05) is 0 Å². The van der Waals surface area contributed by atoms with Crippen LogP contribution in [0.1, 0.15) is 36.7 Å². The molecule has 0 unspecified atom stereocenters. The topological polar surface area (TPSA) is 46.6 Å². The summed E-state index contributed by atoms with van der Waals surface area (Å²) in [4.78, 5) is 24.6.